The summed E-state index contributed by atoms with van der Waals surface area (Å²) < 4.78 is 5.51. The Morgan fingerprint density at radius 3 is 2.42 bits per heavy atom. The van der Waals surface area contributed by atoms with E-state index in [1.807, 2.05) is 0 Å². The van der Waals surface area contributed by atoms with E-state index in [1.165, 1.54) is 38.5 Å². The average molecular weight is 382 g/mol. The smallest absolute Gasteiger partial charge is 0.234 e. The first-order valence-electron chi connectivity index (χ1n) is 9.03. The van der Waals surface area contributed by atoms with Crippen molar-refractivity contribution in [2.45, 2.75) is 57.0 Å². The van der Waals surface area contributed by atoms with Gasteiger partial charge in [0, 0.05) is 24.7 Å². The molecule has 7 heteroatoms. The molecular weight excluding hydrogens is 349 g/mol. The van der Waals surface area contributed by atoms with Gasteiger partial charge >= 0.3 is 0 Å². The highest BCUT2D eigenvalue weighted by Crippen LogP contribution is 2.38. The molecule has 0 radical (unpaired) electrons. The monoisotopic (exact) mass is 381 g/mol. The van der Waals surface area contributed by atoms with Crippen LogP contribution in [0.3, 0.4) is 0 Å². The van der Waals surface area contributed by atoms with Crippen molar-refractivity contribution in [2.75, 3.05) is 39.4 Å². The Kier molecular flexibility index (Phi) is 9.31. The van der Waals surface area contributed by atoms with E-state index in [-0.39, 0.29) is 42.3 Å². The maximum Gasteiger partial charge on any atom is 0.234 e. The minimum atomic E-state index is 0. The van der Waals surface area contributed by atoms with Gasteiger partial charge in [-0.15, -0.1) is 24.8 Å². The summed E-state index contributed by atoms with van der Waals surface area (Å²) in [5, 5.41) is 6.56. The highest BCUT2D eigenvalue weighted by atomic mass is 35.5. The molecule has 3 fully saturated rings. The summed E-state index contributed by atoms with van der Waals surface area (Å²) in [7, 11) is 0. The van der Waals surface area contributed by atoms with Crippen LogP contribution in [0.1, 0.15) is 45.4 Å². The molecule has 2 N–H and O–H groups in total. The lowest BCUT2D eigenvalue weighted by atomic mass is 9.86. The summed E-state index contributed by atoms with van der Waals surface area (Å²) in [5.41, 5.74) is 0.149. The predicted octanol–water partition coefficient (Wildman–Crippen LogP) is 1.98. The predicted molar refractivity (Wildman–Crippen MR) is 101 cm³/mol. The SMILES string of the molecule is CC(NC(=O)CNCC1CC1)C1(N2CCOCC2)CCCC1.Cl.Cl. The lowest BCUT2D eigenvalue weighted by Gasteiger charge is -2.47. The van der Waals surface area contributed by atoms with Crippen LogP contribution >= 0.6 is 24.8 Å². The first-order valence-corrected chi connectivity index (χ1v) is 9.03. The molecule has 2 aliphatic carbocycles. The number of rotatable bonds is 7. The summed E-state index contributed by atoms with van der Waals surface area (Å²) in [6.07, 6.45) is 7.60. The van der Waals surface area contributed by atoms with Crippen LogP contribution < -0.4 is 10.6 Å². The second kappa shape index (κ2) is 10.2. The molecule has 0 aromatic carbocycles. The van der Waals surface area contributed by atoms with Crippen molar-refractivity contribution in [2.24, 2.45) is 5.92 Å². The first kappa shape index (κ1) is 22.0. The van der Waals surface area contributed by atoms with E-state index in [4.69, 9.17) is 4.74 Å². The van der Waals surface area contributed by atoms with Crippen molar-refractivity contribution in [1.29, 1.82) is 0 Å². The fourth-order valence-corrected chi connectivity index (χ4v) is 4.16. The number of hydrogen-bond acceptors (Lipinski definition) is 4. The molecule has 24 heavy (non-hydrogen) atoms. The van der Waals surface area contributed by atoms with Gasteiger partial charge in [0.1, 0.15) is 0 Å². The Labute approximate surface area is 158 Å². The van der Waals surface area contributed by atoms with E-state index in [0.717, 1.165) is 38.8 Å². The normalized spacial score (nSPS) is 24.5. The molecule has 0 aromatic heterocycles. The number of carbonyl (C=O) groups excluding carboxylic acids is 1. The molecule has 1 heterocycles. The molecule has 142 valence electrons. The van der Waals surface area contributed by atoms with Crippen molar-refractivity contribution >= 4 is 30.7 Å². The highest BCUT2D eigenvalue weighted by Gasteiger charge is 2.44. The number of carbonyl (C=O) groups is 1. The zero-order valence-corrected chi connectivity index (χ0v) is 16.4. The molecular formula is C17H33Cl2N3O2. The van der Waals surface area contributed by atoms with Gasteiger partial charge in [-0.3, -0.25) is 9.69 Å². The third kappa shape index (κ3) is 5.46. The summed E-state index contributed by atoms with van der Waals surface area (Å²) in [5.74, 6) is 0.965. The largest absolute Gasteiger partial charge is 0.379 e. The van der Waals surface area contributed by atoms with Gasteiger partial charge in [0.25, 0.3) is 0 Å². The van der Waals surface area contributed by atoms with Gasteiger partial charge in [-0.1, -0.05) is 12.8 Å². The summed E-state index contributed by atoms with van der Waals surface area (Å²) in [6, 6.07) is 0.211. The zero-order valence-electron chi connectivity index (χ0n) is 14.7. The van der Waals surface area contributed by atoms with Gasteiger partial charge < -0.3 is 15.4 Å². The summed E-state index contributed by atoms with van der Waals surface area (Å²) >= 11 is 0. The maximum absolute atomic E-state index is 12.2. The van der Waals surface area contributed by atoms with Crippen molar-refractivity contribution in [3.63, 3.8) is 0 Å². The summed E-state index contributed by atoms with van der Waals surface area (Å²) in [6.45, 7) is 7.30. The Morgan fingerprint density at radius 1 is 1.21 bits per heavy atom. The lowest BCUT2D eigenvalue weighted by molar-refractivity contribution is -0.122. The van der Waals surface area contributed by atoms with Crippen LogP contribution in [-0.2, 0) is 9.53 Å². The molecule has 1 saturated heterocycles. The van der Waals surface area contributed by atoms with Gasteiger partial charge in [0.15, 0.2) is 0 Å². The standard InChI is InChI=1S/C17H31N3O2.2ClH/c1-14(19-16(21)13-18-12-15-4-5-15)17(6-2-3-7-17)20-8-10-22-11-9-20;;/h14-15,18H,2-13H2,1H3,(H,19,21);2*1H. The maximum atomic E-state index is 12.2. The molecule has 1 unspecified atom stereocenters. The number of amides is 1. The number of hydrogen-bond donors (Lipinski definition) is 2. The van der Waals surface area contributed by atoms with Crippen LogP contribution in [0.5, 0.6) is 0 Å². The third-order valence-electron chi connectivity index (χ3n) is 5.71. The van der Waals surface area contributed by atoms with Gasteiger partial charge in [-0.2, -0.15) is 0 Å². The zero-order chi connectivity index (χ0) is 15.4. The molecule has 0 spiro atoms. The molecule has 3 rings (SSSR count). The Hall–Kier alpha value is -0.0700. The Morgan fingerprint density at radius 2 is 1.83 bits per heavy atom. The van der Waals surface area contributed by atoms with Crippen LogP contribution in [0.25, 0.3) is 0 Å². The fourth-order valence-electron chi connectivity index (χ4n) is 4.16. The Balaban J connectivity index is 0.00000144. The van der Waals surface area contributed by atoms with E-state index in [1.54, 1.807) is 0 Å². The van der Waals surface area contributed by atoms with Crippen molar-refractivity contribution in [3.8, 4) is 0 Å². The second-order valence-corrected chi connectivity index (χ2v) is 7.27. The fraction of sp³-hybridized carbons (Fsp3) is 0.941. The van der Waals surface area contributed by atoms with Gasteiger partial charge in [0.05, 0.1) is 19.8 Å². The highest BCUT2D eigenvalue weighted by molar-refractivity contribution is 5.85. The average Bonchev–Trinajstić information content (AvgIpc) is 3.21. The first-order chi connectivity index (χ1) is 10.7. The number of morpholine rings is 1. The van der Waals surface area contributed by atoms with Crippen LogP contribution in [0.4, 0.5) is 0 Å². The number of nitrogens with zero attached hydrogens (tertiary/aromatic N) is 1. The molecule has 0 aromatic rings. The molecule has 3 aliphatic rings. The van der Waals surface area contributed by atoms with Gasteiger partial charge in [-0.25, -0.2) is 0 Å². The topological polar surface area (TPSA) is 53.6 Å². The molecule has 2 saturated carbocycles. The molecule has 1 aliphatic heterocycles. The van der Waals surface area contributed by atoms with Crippen LogP contribution in [0, 0.1) is 5.92 Å². The molecule has 1 atom stereocenters. The molecule has 5 nitrogen and oxygen atoms in total. The van der Waals surface area contributed by atoms with Crippen LogP contribution in [0.2, 0.25) is 0 Å². The Bertz CT molecular complexity index is 382. The minimum Gasteiger partial charge on any atom is -0.379 e. The molecule has 0 bridgehead atoms. The van der Waals surface area contributed by atoms with Crippen molar-refractivity contribution in [3.05, 3.63) is 0 Å². The van der Waals surface area contributed by atoms with Crippen LogP contribution in [-0.4, -0.2) is 61.8 Å². The van der Waals surface area contributed by atoms with Crippen molar-refractivity contribution in [1.82, 2.24) is 15.5 Å². The van der Waals surface area contributed by atoms with E-state index in [9.17, 15) is 4.79 Å². The van der Waals surface area contributed by atoms with Crippen LogP contribution in [0.15, 0.2) is 0 Å². The van der Waals surface area contributed by atoms with E-state index >= 15 is 0 Å². The second-order valence-electron chi connectivity index (χ2n) is 7.27. The number of nitrogens with one attached hydrogen (secondary N) is 2. The minimum absolute atomic E-state index is 0. The van der Waals surface area contributed by atoms with Crippen molar-refractivity contribution < 1.29 is 9.53 Å². The third-order valence-corrected chi connectivity index (χ3v) is 5.71. The lowest BCUT2D eigenvalue weighted by Crippen LogP contribution is -2.62. The quantitative estimate of drug-likeness (QED) is 0.707. The number of ether oxygens (including phenoxy) is 1. The van der Waals surface area contributed by atoms with E-state index in [0.29, 0.717) is 6.54 Å². The molecule has 1 amide bonds. The van der Waals surface area contributed by atoms with E-state index in [2.05, 4.69) is 22.5 Å². The van der Waals surface area contributed by atoms with E-state index < -0.39 is 0 Å². The van der Waals surface area contributed by atoms with Gasteiger partial charge in [0.2, 0.25) is 5.91 Å². The van der Waals surface area contributed by atoms with Gasteiger partial charge in [-0.05, 0) is 45.1 Å². The number of halogens is 2. The summed E-state index contributed by atoms with van der Waals surface area (Å²) in [4.78, 5) is 14.8.